The van der Waals surface area contributed by atoms with Crippen molar-refractivity contribution >= 4 is 17.8 Å². The van der Waals surface area contributed by atoms with Crippen LogP contribution in [0.15, 0.2) is 0 Å². The van der Waals surface area contributed by atoms with Crippen molar-refractivity contribution < 1.29 is 4.79 Å². The Balaban J connectivity index is 2.91. The molecule has 1 rings (SSSR count). The molecule has 0 radical (unpaired) electrons. The Labute approximate surface area is 119 Å². The van der Waals surface area contributed by atoms with Crippen LogP contribution in [0.2, 0.25) is 0 Å². The number of rotatable bonds is 5. The van der Waals surface area contributed by atoms with Gasteiger partial charge in [-0.2, -0.15) is 15.0 Å². The summed E-state index contributed by atoms with van der Waals surface area (Å²) in [5.41, 5.74) is 5.70. The van der Waals surface area contributed by atoms with Crippen LogP contribution in [0.4, 0.5) is 11.9 Å². The second-order valence-corrected chi connectivity index (χ2v) is 5.13. The van der Waals surface area contributed by atoms with Crippen molar-refractivity contribution in [3.8, 4) is 0 Å². The van der Waals surface area contributed by atoms with Gasteiger partial charge in [-0.25, -0.2) is 0 Å². The summed E-state index contributed by atoms with van der Waals surface area (Å²) in [4.78, 5) is 29.5. The summed E-state index contributed by atoms with van der Waals surface area (Å²) < 4.78 is 0. The van der Waals surface area contributed by atoms with Crippen LogP contribution in [0.25, 0.3) is 0 Å². The molecule has 0 spiro atoms. The SMILES string of the molecule is CC(c1nc(N)nc(N(C)C)n1)N(C)CC(=O)N(C)C. The van der Waals surface area contributed by atoms with Crippen molar-refractivity contribution in [3.63, 3.8) is 0 Å². The second-order valence-electron chi connectivity index (χ2n) is 5.13. The molecule has 112 valence electrons. The third kappa shape index (κ3) is 4.02. The van der Waals surface area contributed by atoms with E-state index in [1.54, 1.807) is 23.9 Å². The third-order valence-electron chi connectivity index (χ3n) is 2.98. The third-order valence-corrected chi connectivity index (χ3v) is 2.98. The molecular weight excluding hydrogens is 258 g/mol. The number of nitrogen functional groups attached to an aromatic ring is 1. The van der Waals surface area contributed by atoms with Gasteiger partial charge in [0.1, 0.15) is 0 Å². The molecule has 1 atom stereocenters. The molecule has 0 aliphatic rings. The molecule has 1 aromatic heterocycles. The number of carbonyl (C=O) groups excluding carboxylic acids is 1. The van der Waals surface area contributed by atoms with Crippen LogP contribution in [-0.2, 0) is 4.79 Å². The van der Waals surface area contributed by atoms with E-state index >= 15 is 0 Å². The van der Waals surface area contributed by atoms with Crippen LogP contribution >= 0.6 is 0 Å². The Hall–Kier alpha value is -1.96. The van der Waals surface area contributed by atoms with Gasteiger partial charge in [0, 0.05) is 28.2 Å². The number of nitrogens with two attached hydrogens (primary N) is 1. The molecule has 2 N–H and O–H groups in total. The van der Waals surface area contributed by atoms with Gasteiger partial charge in [-0.1, -0.05) is 0 Å². The number of anilines is 2. The van der Waals surface area contributed by atoms with Crippen molar-refractivity contribution in [1.29, 1.82) is 0 Å². The van der Waals surface area contributed by atoms with Gasteiger partial charge in [-0.05, 0) is 14.0 Å². The maximum Gasteiger partial charge on any atom is 0.236 e. The van der Waals surface area contributed by atoms with E-state index in [4.69, 9.17) is 5.73 Å². The van der Waals surface area contributed by atoms with Crippen LogP contribution in [0.5, 0.6) is 0 Å². The highest BCUT2D eigenvalue weighted by Gasteiger charge is 2.20. The summed E-state index contributed by atoms with van der Waals surface area (Å²) in [6, 6.07) is -0.136. The van der Waals surface area contributed by atoms with Gasteiger partial charge in [0.2, 0.25) is 17.8 Å². The summed E-state index contributed by atoms with van der Waals surface area (Å²) in [5.74, 6) is 1.26. The molecular formula is C12H23N7O. The van der Waals surface area contributed by atoms with Crippen molar-refractivity contribution in [2.24, 2.45) is 0 Å². The standard InChI is InChI=1S/C12H23N7O/c1-8(19(6)7-9(20)17(2)3)10-14-11(13)16-12(15-10)18(4)5/h8H,7H2,1-6H3,(H2,13,14,15,16). The smallest absolute Gasteiger partial charge is 0.236 e. The first-order chi connectivity index (χ1) is 9.22. The monoisotopic (exact) mass is 281 g/mol. The summed E-state index contributed by atoms with van der Waals surface area (Å²) in [5, 5.41) is 0. The number of hydrogen-bond donors (Lipinski definition) is 1. The van der Waals surface area contributed by atoms with Crippen LogP contribution in [0.3, 0.4) is 0 Å². The van der Waals surface area contributed by atoms with Crippen molar-refractivity contribution in [2.45, 2.75) is 13.0 Å². The molecule has 1 heterocycles. The highest BCUT2D eigenvalue weighted by molar-refractivity contribution is 5.77. The first-order valence-corrected chi connectivity index (χ1v) is 6.31. The largest absolute Gasteiger partial charge is 0.368 e. The lowest BCUT2D eigenvalue weighted by atomic mass is 10.2. The van der Waals surface area contributed by atoms with E-state index in [1.165, 1.54) is 0 Å². The molecule has 0 saturated carbocycles. The predicted molar refractivity (Wildman–Crippen MR) is 78.3 cm³/mol. The van der Waals surface area contributed by atoms with Crippen LogP contribution in [0, 0.1) is 0 Å². The lowest BCUT2D eigenvalue weighted by molar-refractivity contribution is -0.130. The fourth-order valence-electron chi connectivity index (χ4n) is 1.47. The minimum absolute atomic E-state index is 0.0224. The normalized spacial score (nSPS) is 12.3. The van der Waals surface area contributed by atoms with Crippen LogP contribution in [0.1, 0.15) is 18.8 Å². The average molecular weight is 281 g/mol. The molecule has 0 aromatic carbocycles. The highest BCUT2D eigenvalue weighted by atomic mass is 16.2. The zero-order valence-corrected chi connectivity index (χ0v) is 13.0. The Morgan fingerprint density at radius 3 is 2.25 bits per heavy atom. The van der Waals surface area contributed by atoms with E-state index in [0.717, 1.165) is 0 Å². The highest BCUT2D eigenvalue weighted by Crippen LogP contribution is 2.17. The summed E-state index contributed by atoms with van der Waals surface area (Å²) in [6.45, 7) is 2.22. The quantitative estimate of drug-likeness (QED) is 0.785. The van der Waals surface area contributed by atoms with Gasteiger partial charge in [-0.15, -0.1) is 0 Å². The molecule has 20 heavy (non-hydrogen) atoms. The first-order valence-electron chi connectivity index (χ1n) is 6.31. The molecule has 1 amide bonds. The van der Waals surface area contributed by atoms with Gasteiger partial charge in [0.25, 0.3) is 0 Å². The van der Waals surface area contributed by atoms with Gasteiger partial charge in [-0.3, -0.25) is 9.69 Å². The number of amides is 1. The molecule has 0 aliphatic heterocycles. The predicted octanol–water partition coefficient (Wildman–Crippen LogP) is -0.399. The topological polar surface area (TPSA) is 91.5 Å². The molecule has 0 aliphatic carbocycles. The lowest BCUT2D eigenvalue weighted by Gasteiger charge is -2.25. The fraction of sp³-hybridized carbons (Fsp3) is 0.667. The Morgan fingerprint density at radius 2 is 1.75 bits per heavy atom. The van der Waals surface area contributed by atoms with Crippen LogP contribution in [-0.4, -0.2) is 72.4 Å². The first kappa shape index (κ1) is 16.1. The molecule has 8 nitrogen and oxygen atoms in total. The van der Waals surface area contributed by atoms with Crippen LogP contribution < -0.4 is 10.6 Å². The van der Waals surface area contributed by atoms with Crippen molar-refractivity contribution in [3.05, 3.63) is 5.82 Å². The Kier molecular flexibility index (Phi) is 5.20. The summed E-state index contributed by atoms with van der Waals surface area (Å²) >= 11 is 0. The molecule has 8 heteroatoms. The van der Waals surface area contributed by atoms with E-state index in [1.807, 2.05) is 33.0 Å². The Bertz CT molecular complexity index is 475. The molecule has 0 fully saturated rings. The average Bonchev–Trinajstić information content (AvgIpc) is 2.36. The zero-order chi connectivity index (χ0) is 15.4. The number of hydrogen-bond acceptors (Lipinski definition) is 7. The fourth-order valence-corrected chi connectivity index (χ4v) is 1.47. The van der Waals surface area contributed by atoms with Gasteiger partial charge in [0.05, 0.1) is 12.6 Å². The van der Waals surface area contributed by atoms with E-state index < -0.39 is 0 Å². The number of carbonyl (C=O) groups is 1. The Morgan fingerprint density at radius 1 is 1.15 bits per heavy atom. The van der Waals surface area contributed by atoms with E-state index in [2.05, 4.69) is 15.0 Å². The number of aromatic nitrogens is 3. The molecule has 0 saturated heterocycles. The van der Waals surface area contributed by atoms with E-state index in [9.17, 15) is 4.79 Å². The zero-order valence-electron chi connectivity index (χ0n) is 13.0. The second kappa shape index (κ2) is 6.47. The van der Waals surface area contributed by atoms with Gasteiger partial charge < -0.3 is 15.5 Å². The minimum Gasteiger partial charge on any atom is -0.368 e. The number of likely N-dealkylation sites (N-methyl/N-ethyl adjacent to an activating group) is 2. The summed E-state index contributed by atoms with van der Waals surface area (Å²) in [7, 11) is 8.98. The van der Waals surface area contributed by atoms with E-state index in [-0.39, 0.29) is 24.4 Å². The lowest BCUT2D eigenvalue weighted by Crippen LogP contribution is -2.36. The molecule has 1 aromatic rings. The van der Waals surface area contributed by atoms with Crippen molar-refractivity contribution in [2.75, 3.05) is 52.4 Å². The van der Waals surface area contributed by atoms with Gasteiger partial charge in [0.15, 0.2) is 5.82 Å². The van der Waals surface area contributed by atoms with Crippen molar-refractivity contribution in [1.82, 2.24) is 24.8 Å². The van der Waals surface area contributed by atoms with E-state index in [0.29, 0.717) is 11.8 Å². The maximum atomic E-state index is 11.7. The maximum absolute atomic E-state index is 11.7. The molecule has 0 bridgehead atoms. The molecule has 1 unspecified atom stereocenters. The minimum atomic E-state index is -0.136. The summed E-state index contributed by atoms with van der Waals surface area (Å²) in [6.07, 6.45) is 0. The van der Waals surface area contributed by atoms with Gasteiger partial charge >= 0.3 is 0 Å². The number of nitrogens with zero attached hydrogens (tertiary/aromatic N) is 6.